The normalized spacial score (nSPS) is 16.6. The highest BCUT2D eigenvalue weighted by Crippen LogP contribution is 2.29. The van der Waals surface area contributed by atoms with Gasteiger partial charge in [0.2, 0.25) is 5.88 Å². The minimum absolute atomic E-state index is 0. The molecule has 1 fully saturated rings. The van der Waals surface area contributed by atoms with E-state index in [0.29, 0.717) is 30.9 Å². The topological polar surface area (TPSA) is 65.5 Å². The Morgan fingerprint density at radius 1 is 0.889 bits per heavy atom. The van der Waals surface area contributed by atoms with Gasteiger partial charge in [0.1, 0.15) is 12.4 Å². The third kappa shape index (κ3) is 8.34. The van der Waals surface area contributed by atoms with Gasteiger partial charge in [0.05, 0.1) is 18.9 Å². The van der Waals surface area contributed by atoms with Crippen molar-refractivity contribution in [3.63, 3.8) is 0 Å². The summed E-state index contributed by atoms with van der Waals surface area (Å²) < 4.78 is 17.4. The zero-order chi connectivity index (χ0) is 23.6. The fourth-order valence-electron chi connectivity index (χ4n) is 4.30. The van der Waals surface area contributed by atoms with Crippen molar-refractivity contribution < 1.29 is 14.2 Å². The van der Waals surface area contributed by atoms with Gasteiger partial charge in [-0.05, 0) is 36.1 Å². The van der Waals surface area contributed by atoms with E-state index in [4.69, 9.17) is 14.2 Å². The lowest BCUT2D eigenvalue weighted by Crippen LogP contribution is -2.24. The Morgan fingerprint density at radius 2 is 1.61 bits per heavy atom. The smallest absolute Gasteiger partial charge is 0.234 e. The van der Waals surface area contributed by atoms with E-state index < -0.39 is 0 Å². The second-order valence-corrected chi connectivity index (χ2v) is 8.89. The van der Waals surface area contributed by atoms with Crippen LogP contribution in [0.4, 0.5) is 0 Å². The molecule has 0 spiro atoms. The summed E-state index contributed by atoms with van der Waals surface area (Å²) in [5.74, 6) is 2.29. The molecule has 1 aromatic heterocycles. The summed E-state index contributed by atoms with van der Waals surface area (Å²) in [6, 6.07) is 20.4. The van der Waals surface area contributed by atoms with Crippen molar-refractivity contribution in [2.75, 3.05) is 33.4 Å². The van der Waals surface area contributed by atoms with Gasteiger partial charge in [-0.15, -0.1) is 29.9 Å². The summed E-state index contributed by atoms with van der Waals surface area (Å²) in [6.07, 6.45) is 3.08. The van der Waals surface area contributed by atoms with Crippen LogP contribution in [0.3, 0.4) is 0 Å². The number of nitrogens with one attached hydrogen (secondary N) is 1. The molecule has 36 heavy (non-hydrogen) atoms. The van der Waals surface area contributed by atoms with Crippen molar-refractivity contribution in [3.8, 4) is 22.8 Å². The fraction of sp³-hybridized carbons (Fsp3) is 0.429. The Labute approximate surface area is 227 Å². The Balaban J connectivity index is 0.00000228. The summed E-state index contributed by atoms with van der Waals surface area (Å²) in [5, 5.41) is 12.4. The number of nitrogens with zero attached hydrogens (tertiary/aromatic N) is 2. The standard InChI is InChI=1S/C28H35N3O3.2ClH/c1-3-4-10-27-26(15-28(31-30-27)34-20-24-17-29-16-23(24)19-32-2)22-11-13-25(14-12-22)33-18-21-8-6-5-7-9-21;;/h5-9,11-15,23-24,29H,3-4,10,16-20H2,1-2H3;2*1H/t23-,24-;;/m1../s1. The number of unbranched alkanes of at least 4 members (excludes halogenated alkanes) is 1. The van der Waals surface area contributed by atoms with Crippen LogP contribution in [0.25, 0.3) is 11.1 Å². The van der Waals surface area contributed by atoms with Gasteiger partial charge in [-0.1, -0.05) is 55.8 Å². The second-order valence-electron chi connectivity index (χ2n) is 8.89. The van der Waals surface area contributed by atoms with Gasteiger partial charge < -0.3 is 19.5 Å². The number of hydrogen-bond donors (Lipinski definition) is 1. The van der Waals surface area contributed by atoms with Crippen LogP contribution in [0, 0.1) is 11.8 Å². The first-order chi connectivity index (χ1) is 16.8. The van der Waals surface area contributed by atoms with Crippen molar-refractivity contribution in [3.05, 3.63) is 71.9 Å². The van der Waals surface area contributed by atoms with E-state index in [-0.39, 0.29) is 24.8 Å². The Hall–Kier alpha value is -2.38. The molecule has 196 valence electrons. The highest BCUT2D eigenvalue weighted by atomic mass is 35.5. The van der Waals surface area contributed by atoms with Crippen LogP contribution in [0.1, 0.15) is 31.0 Å². The largest absolute Gasteiger partial charge is 0.489 e. The van der Waals surface area contributed by atoms with Crippen LogP contribution in [0.15, 0.2) is 60.7 Å². The van der Waals surface area contributed by atoms with Crippen molar-refractivity contribution in [1.29, 1.82) is 0 Å². The first kappa shape index (κ1) is 29.8. The summed E-state index contributed by atoms with van der Waals surface area (Å²) in [7, 11) is 1.75. The first-order valence-corrected chi connectivity index (χ1v) is 12.2. The quantitative estimate of drug-likeness (QED) is 0.318. The first-order valence-electron chi connectivity index (χ1n) is 12.2. The van der Waals surface area contributed by atoms with E-state index in [1.807, 2.05) is 36.4 Å². The van der Waals surface area contributed by atoms with Crippen molar-refractivity contribution in [2.24, 2.45) is 11.8 Å². The molecular weight excluding hydrogens is 497 g/mol. The summed E-state index contributed by atoms with van der Waals surface area (Å²) in [5.41, 5.74) is 4.33. The molecule has 0 saturated carbocycles. The maximum absolute atomic E-state index is 6.11. The molecule has 1 aliphatic rings. The van der Waals surface area contributed by atoms with Gasteiger partial charge in [0.25, 0.3) is 0 Å². The monoisotopic (exact) mass is 533 g/mol. The lowest BCUT2D eigenvalue weighted by Gasteiger charge is -2.18. The number of rotatable bonds is 12. The maximum atomic E-state index is 6.11. The minimum Gasteiger partial charge on any atom is -0.489 e. The zero-order valence-corrected chi connectivity index (χ0v) is 22.7. The Bertz CT molecular complexity index is 1020. The molecule has 8 heteroatoms. The number of benzene rings is 2. The molecule has 2 atom stereocenters. The van der Waals surface area contributed by atoms with Gasteiger partial charge in [-0.2, -0.15) is 5.10 Å². The summed E-state index contributed by atoms with van der Waals surface area (Å²) >= 11 is 0. The second kappa shape index (κ2) is 15.7. The molecule has 2 heterocycles. The molecule has 0 bridgehead atoms. The molecule has 0 radical (unpaired) electrons. The number of ether oxygens (including phenoxy) is 3. The van der Waals surface area contributed by atoms with Crippen LogP contribution in [-0.2, 0) is 17.8 Å². The van der Waals surface area contributed by atoms with E-state index in [2.05, 4.69) is 46.7 Å². The number of aromatic nitrogens is 2. The van der Waals surface area contributed by atoms with E-state index in [1.54, 1.807) is 7.11 Å². The predicted octanol–water partition coefficient (Wildman–Crippen LogP) is 5.77. The number of methoxy groups -OCH3 is 1. The number of halogens is 2. The Morgan fingerprint density at radius 3 is 2.31 bits per heavy atom. The molecule has 0 aliphatic carbocycles. The molecule has 1 saturated heterocycles. The molecule has 4 rings (SSSR count). The van der Waals surface area contributed by atoms with Crippen LogP contribution >= 0.6 is 24.8 Å². The van der Waals surface area contributed by atoms with Crippen LogP contribution in [0.5, 0.6) is 11.6 Å². The third-order valence-electron chi connectivity index (χ3n) is 6.33. The van der Waals surface area contributed by atoms with Gasteiger partial charge in [-0.3, -0.25) is 0 Å². The maximum Gasteiger partial charge on any atom is 0.234 e. The molecule has 1 aliphatic heterocycles. The van der Waals surface area contributed by atoms with Crippen molar-refractivity contribution in [1.82, 2.24) is 15.5 Å². The number of aryl methyl sites for hydroxylation is 1. The van der Waals surface area contributed by atoms with Crippen LogP contribution < -0.4 is 14.8 Å². The lowest BCUT2D eigenvalue weighted by molar-refractivity contribution is 0.119. The molecule has 0 unspecified atom stereocenters. The SMILES string of the molecule is CCCCc1nnc(OC[C@H]2CNC[C@@H]2COC)cc1-c1ccc(OCc2ccccc2)cc1.Cl.Cl. The lowest BCUT2D eigenvalue weighted by atomic mass is 9.98. The molecule has 0 amide bonds. The van der Waals surface area contributed by atoms with Gasteiger partial charge in [0.15, 0.2) is 0 Å². The molecular formula is C28H37Cl2N3O3. The highest BCUT2D eigenvalue weighted by molar-refractivity contribution is 5.85. The minimum atomic E-state index is 0. The van der Waals surface area contributed by atoms with Crippen molar-refractivity contribution in [2.45, 2.75) is 32.8 Å². The molecule has 2 aromatic carbocycles. The van der Waals surface area contributed by atoms with E-state index >= 15 is 0 Å². The zero-order valence-electron chi connectivity index (χ0n) is 21.0. The predicted molar refractivity (Wildman–Crippen MR) is 149 cm³/mol. The van der Waals surface area contributed by atoms with Gasteiger partial charge >= 0.3 is 0 Å². The average molecular weight is 535 g/mol. The molecule has 3 aromatic rings. The highest BCUT2D eigenvalue weighted by Gasteiger charge is 2.27. The fourth-order valence-corrected chi connectivity index (χ4v) is 4.30. The summed E-state index contributed by atoms with van der Waals surface area (Å²) in [4.78, 5) is 0. The van der Waals surface area contributed by atoms with Crippen LogP contribution in [0.2, 0.25) is 0 Å². The number of hydrogen-bond acceptors (Lipinski definition) is 6. The van der Waals surface area contributed by atoms with E-state index in [0.717, 1.165) is 67.1 Å². The van der Waals surface area contributed by atoms with Gasteiger partial charge in [-0.25, -0.2) is 0 Å². The van der Waals surface area contributed by atoms with E-state index in [1.165, 1.54) is 0 Å². The van der Waals surface area contributed by atoms with Gasteiger partial charge in [0, 0.05) is 43.7 Å². The average Bonchev–Trinajstić information content (AvgIpc) is 3.33. The van der Waals surface area contributed by atoms with E-state index in [9.17, 15) is 0 Å². The van der Waals surface area contributed by atoms with Crippen molar-refractivity contribution >= 4 is 24.8 Å². The van der Waals surface area contributed by atoms with Crippen LogP contribution in [-0.4, -0.2) is 43.6 Å². The molecule has 6 nitrogen and oxygen atoms in total. The third-order valence-corrected chi connectivity index (χ3v) is 6.33. The summed E-state index contributed by atoms with van der Waals surface area (Å²) in [6.45, 7) is 6.00. The molecule has 1 N–H and O–H groups in total. The Kier molecular flexibility index (Phi) is 13.0.